The van der Waals surface area contributed by atoms with Gasteiger partial charge in [0.2, 0.25) is 5.43 Å². The molecule has 2 aromatic carbocycles. The van der Waals surface area contributed by atoms with Gasteiger partial charge in [-0.15, -0.1) is 0 Å². The van der Waals surface area contributed by atoms with E-state index in [1.54, 1.807) is 30.3 Å². The van der Waals surface area contributed by atoms with Crippen LogP contribution < -0.4 is 10.2 Å². The summed E-state index contributed by atoms with van der Waals surface area (Å²) in [6, 6.07) is 10.8. The smallest absolute Gasteiger partial charge is 0.200 e. The normalized spacial score (nSPS) is 10.8. The molecule has 0 spiro atoms. The first-order chi connectivity index (χ1) is 9.72. The number of benzene rings is 2. The number of rotatable bonds is 3. The van der Waals surface area contributed by atoms with Crippen molar-refractivity contribution in [3.63, 3.8) is 0 Å². The van der Waals surface area contributed by atoms with Crippen LogP contribution in [-0.4, -0.2) is 6.61 Å². The minimum absolute atomic E-state index is 0.0185. The van der Waals surface area contributed by atoms with Gasteiger partial charge in [-0.1, -0.05) is 24.8 Å². The van der Waals surface area contributed by atoms with Crippen LogP contribution >= 0.6 is 22.6 Å². The summed E-state index contributed by atoms with van der Waals surface area (Å²) in [6.07, 6.45) is 1.68. The third kappa shape index (κ3) is 2.10. The van der Waals surface area contributed by atoms with Gasteiger partial charge in [0.25, 0.3) is 0 Å². The minimum atomic E-state index is -0.0185. The molecule has 0 fully saturated rings. The molecule has 3 aromatic rings. The van der Waals surface area contributed by atoms with E-state index in [1.807, 2.05) is 12.1 Å². The average molecular weight is 378 g/mol. The van der Waals surface area contributed by atoms with E-state index in [0.717, 1.165) is 3.57 Å². The van der Waals surface area contributed by atoms with Gasteiger partial charge in [-0.2, -0.15) is 0 Å². The molecule has 3 nitrogen and oxygen atoms in total. The highest BCUT2D eigenvalue weighted by Gasteiger charge is 2.13. The van der Waals surface area contributed by atoms with Gasteiger partial charge in [-0.3, -0.25) is 4.79 Å². The molecule has 0 bridgehead atoms. The lowest BCUT2D eigenvalue weighted by atomic mass is 10.1. The molecule has 0 unspecified atom stereocenters. The maximum atomic E-state index is 12.4. The molecule has 100 valence electrons. The monoisotopic (exact) mass is 378 g/mol. The van der Waals surface area contributed by atoms with Crippen LogP contribution in [0.3, 0.4) is 0 Å². The van der Waals surface area contributed by atoms with Crippen molar-refractivity contribution in [2.75, 3.05) is 6.61 Å². The standard InChI is InChI=1S/C16H11IO3/c1-2-9-19-13-8-7-11-15(18)10-5-3-4-6-12(10)20-16(11)14(13)17/h2-8H,1,9H2. The van der Waals surface area contributed by atoms with E-state index in [2.05, 4.69) is 29.2 Å². The molecule has 20 heavy (non-hydrogen) atoms. The van der Waals surface area contributed by atoms with Gasteiger partial charge in [-0.25, -0.2) is 0 Å². The third-order valence-corrected chi connectivity index (χ3v) is 4.03. The lowest BCUT2D eigenvalue weighted by molar-refractivity contribution is 0.360. The largest absolute Gasteiger partial charge is 0.488 e. The highest BCUT2D eigenvalue weighted by atomic mass is 127. The number of para-hydroxylation sites is 1. The lowest BCUT2D eigenvalue weighted by Crippen LogP contribution is -2.04. The van der Waals surface area contributed by atoms with Gasteiger partial charge in [0.1, 0.15) is 17.9 Å². The Labute approximate surface area is 129 Å². The zero-order valence-electron chi connectivity index (χ0n) is 10.6. The Balaban J connectivity index is 2.34. The molecular weight excluding hydrogens is 367 g/mol. The fourth-order valence-corrected chi connectivity index (χ4v) is 2.81. The molecular formula is C16H11IO3. The van der Waals surface area contributed by atoms with Crippen molar-refractivity contribution in [1.29, 1.82) is 0 Å². The summed E-state index contributed by atoms with van der Waals surface area (Å²) >= 11 is 2.14. The van der Waals surface area contributed by atoms with Crippen molar-refractivity contribution in [3.8, 4) is 5.75 Å². The highest BCUT2D eigenvalue weighted by molar-refractivity contribution is 14.1. The molecule has 0 radical (unpaired) electrons. The molecule has 1 aromatic heterocycles. The zero-order chi connectivity index (χ0) is 14.1. The van der Waals surface area contributed by atoms with E-state index in [9.17, 15) is 4.79 Å². The molecule has 0 N–H and O–H groups in total. The van der Waals surface area contributed by atoms with Crippen LogP contribution in [0, 0.1) is 3.57 Å². The lowest BCUT2D eigenvalue weighted by Gasteiger charge is -2.08. The second kappa shape index (κ2) is 5.28. The summed E-state index contributed by atoms with van der Waals surface area (Å²) in [5, 5.41) is 1.16. The topological polar surface area (TPSA) is 39.4 Å². The number of fused-ring (bicyclic) bond motifs is 2. The molecule has 0 aliphatic heterocycles. The minimum Gasteiger partial charge on any atom is -0.488 e. The Morgan fingerprint density at radius 2 is 2.00 bits per heavy atom. The summed E-state index contributed by atoms with van der Waals surface area (Å²) in [5.74, 6) is 0.691. The van der Waals surface area contributed by atoms with E-state index < -0.39 is 0 Å². The maximum Gasteiger partial charge on any atom is 0.200 e. The molecule has 0 atom stereocenters. The van der Waals surface area contributed by atoms with Crippen molar-refractivity contribution >= 4 is 44.5 Å². The van der Waals surface area contributed by atoms with Crippen LogP contribution in [0.1, 0.15) is 0 Å². The summed E-state index contributed by atoms with van der Waals surface area (Å²) < 4.78 is 12.2. The number of halogens is 1. The molecule has 4 heteroatoms. The second-order valence-electron chi connectivity index (χ2n) is 4.28. The van der Waals surface area contributed by atoms with Gasteiger partial charge in [-0.05, 0) is 46.9 Å². The quantitative estimate of drug-likeness (QED) is 0.391. The Morgan fingerprint density at radius 3 is 2.80 bits per heavy atom. The van der Waals surface area contributed by atoms with Crippen molar-refractivity contribution in [2.45, 2.75) is 0 Å². The van der Waals surface area contributed by atoms with E-state index in [-0.39, 0.29) is 5.43 Å². The van der Waals surface area contributed by atoms with Crippen LogP contribution in [0.15, 0.2) is 58.3 Å². The van der Waals surface area contributed by atoms with Gasteiger partial charge in [0, 0.05) is 0 Å². The van der Waals surface area contributed by atoms with E-state index in [0.29, 0.717) is 34.3 Å². The van der Waals surface area contributed by atoms with Crippen LogP contribution in [0.25, 0.3) is 21.9 Å². The fourth-order valence-electron chi connectivity index (χ4n) is 2.08. The molecule has 0 amide bonds. The maximum absolute atomic E-state index is 12.4. The Morgan fingerprint density at radius 1 is 1.20 bits per heavy atom. The van der Waals surface area contributed by atoms with Gasteiger partial charge < -0.3 is 9.15 Å². The molecule has 1 heterocycles. The summed E-state index contributed by atoms with van der Waals surface area (Å²) in [7, 11) is 0. The van der Waals surface area contributed by atoms with Crippen molar-refractivity contribution in [1.82, 2.24) is 0 Å². The van der Waals surface area contributed by atoms with E-state index in [4.69, 9.17) is 9.15 Å². The predicted octanol–water partition coefficient (Wildman–Crippen LogP) is 4.12. The first-order valence-corrected chi connectivity index (χ1v) is 7.18. The Hall–Kier alpha value is -1.82. The number of hydrogen-bond donors (Lipinski definition) is 0. The van der Waals surface area contributed by atoms with Crippen LogP contribution in [0.5, 0.6) is 5.75 Å². The average Bonchev–Trinajstić information content (AvgIpc) is 2.48. The highest BCUT2D eigenvalue weighted by Crippen LogP contribution is 2.30. The molecule has 0 aliphatic carbocycles. The van der Waals surface area contributed by atoms with E-state index in [1.165, 1.54) is 0 Å². The van der Waals surface area contributed by atoms with Crippen LogP contribution in [0.2, 0.25) is 0 Å². The van der Waals surface area contributed by atoms with Crippen LogP contribution in [0.4, 0.5) is 0 Å². The number of ether oxygens (including phenoxy) is 1. The van der Waals surface area contributed by atoms with Gasteiger partial charge >= 0.3 is 0 Å². The first-order valence-electron chi connectivity index (χ1n) is 6.10. The first kappa shape index (κ1) is 13.2. The molecule has 0 saturated carbocycles. The number of hydrogen-bond acceptors (Lipinski definition) is 3. The molecule has 0 saturated heterocycles. The second-order valence-corrected chi connectivity index (χ2v) is 5.36. The summed E-state index contributed by atoms with van der Waals surface area (Å²) in [6.45, 7) is 4.04. The molecule has 0 aliphatic rings. The van der Waals surface area contributed by atoms with Gasteiger partial charge in [0.05, 0.1) is 14.3 Å². The van der Waals surface area contributed by atoms with Crippen LogP contribution in [-0.2, 0) is 0 Å². The van der Waals surface area contributed by atoms with Crippen molar-refractivity contribution in [2.24, 2.45) is 0 Å². The van der Waals surface area contributed by atoms with Crippen molar-refractivity contribution in [3.05, 3.63) is 62.8 Å². The van der Waals surface area contributed by atoms with E-state index >= 15 is 0 Å². The Bertz CT molecular complexity index is 865. The molecule has 3 rings (SSSR count). The fraction of sp³-hybridized carbons (Fsp3) is 0.0625. The summed E-state index contributed by atoms with van der Waals surface area (Å²) in [5.41, 5.74) is 1.13. The Kier molecular flexibility index (Phi) is 3.48. The predicted molar refractivity (Wildman–Crippen MR) is 88.4 cm³/mol. The van der Waals surface area contributed by atoms with Crippen molar-refractivity contribution < 1.29 is 9.15 Å². The summed E-state index contributed by atoms with van der Waals surface area (Å²) in [4.78, 5) is 12.4. The zero-order valence-corrected chi connectivity index (χ0v) is 12.7. The third-order valence-electron chi connectivity index (χ3n) is 3.01. The SMILES string of the molecule is C=CCOc1ccc2c(=O)c3ccccc3oc2c1I. The van der Waals surface area contributed by atoms with Gasteiger partial charge in [0.15, 0.2) is 5.58 Å².